The third-order valence-corrected chi connectivity index (χ3v) is 6.98. The molecule has 6 nitrogen and oxygen atoms in total. The van der Waals surface area contributed by atoms with E-state index in [-0.39, 0.29) is 34.5 Å². The average molecular weight is 444 g/mol. The Balaban J connectivity index is 1.71. The smallest absolute Gasteiger partial charge is 0.250 e. The molecule has 0 aliphatic carbocycles. The first-order chi connectivity index (χ1) is 14.3. The summed E-state index contributed by atoms with van der Waals surface area (Å²) in [4.78, 5) is 41.7. The van der Waals surface area contributed by atoms with Gasteiger partial charge in [0, 0.05) is 22.3 Å². The fourth-order valence-electron chi connectivity index (χ4n) is 5.16. The first kappa shape index (κ1) is 19.5. The number of anilines is 2. The average Bonchev–Trinajstić information content (AvgIpc) is 3.29. The van der Waals surface area contributed by atoms with Crippen molar-refractivity contribution >= 4 is 52.3 Å². The van der Waals surface area contributed by atoms with Crippen LogP contribution in [-0.4, -0.2) is 23.8 Å². The molecule has 2 N–H and O–H groups in total. The summed E-state index contributed by atoms with van der Waals surface area (Å²) >= 11 is 12.4. The van der Waals surface area contributed by atoms with E-state index in [0.717, 1.165) is 4.90 Å². The normalized spacial score (nSPS) is 29.7. The van der Waals surface area contributed by atoms with Gasteiger partial charge in [0.05, 0.1) is 22.5 Å². The van der Waals surface area contributed by atoms with Crippen LogP contribution < -0.4 is 15.5 Å². The first-order valence-electron chi connectivity index (χ1n) is 9.79. The van der Waals surface area contributed by atoms with Gasteiger partial charge in [-0.15, -0.1) is 0 Å². The van der Waals surface area contributed by atoms with Crippen molar-refractivity contribution in [1.82, 2.24) is 5.32 Å². The van der Waals surface area contributed by atoms with Gasteiger partial charge in [-0.05, 0) is 30.2 Å². The minimum absolute atomic E-state index is 0.0176. The summed E-state index contributed by atoms with van der Waals surface area (Å²) in [5.74, 6) is -2.68. The summed E-state index contributed by atoms with van der Waals surface area (Å²) in [6.45, 7) is 3.94. The minimum atomic E-state index is -1.30. The van der Waals surface area contributed by atoms with Crippen LogP contribution in [0.1, 0.15) is 19.4 Å². The zero-order valence-electron chi connectivity index (χ0n) is 16.3. The number of amides is 3. The fourth-order valence-corrected chi connectivity index (χ4v) is 5.53. The summed E-state index contributed by atoms with van der Waals surface area (Å²) < 4.78 is 0. The van der Waals surface area contributed by atoms with Gasteiger partial charge in [-0.1, -0.05) is 55.2 Å². The molecule has 2 fully saturated rings. The van der Waals surface area contributed by atoms with E-state index in [1.165, 1.54) is 6.07 Å². The van der Waals surface area contributed by atoms with E-state index in [4.69, 9.17) is 23.2 Å². The van der Waals surface area contributed by atoms with Crippen LogP contribution in [0.4, 0.5) is 11.4 Å². The van der Waals surface area contributed by atoms with Crippen molar-refractivity contribution in [2.24, 2.45) is 17.8 Å². The van der Waals surface area contributed by atoms with Crippen molar-refractivity contribution in [3.8, 4) is 0 Å². The number of imide groups is 1. The lowest BCUT2D eigenvalue weighted by molar-refractivity contribution is -0.130. The Morgan fingerprint density at radius 3 is 2.50 bits per heavy atom. The van der Waals surface area contributed by atoms with Crippen molar-refractivity contribution < 1.29 is 14.4 Å². The monoisotopic (exact) mass is 443 g/mol. The second kappa shape index (κ2) is 6.54. The number of carbonyl (C=O) groups excluding carboxylic acids is 3. The molecule has 3 amide bonds. The molecule has 30 heavy (non-hydrogen) atoms. The molecule has 2 aromatic carbocycles. The summed E-state index contributed by atoms with van der Waals surface area (Å²) in [5, 5.41) is 6.89. The number of halogens is 2. The van der Waals surface area contributed by atoms with E-state index in [9.17, 15) is 14.4 Å². The van der Waals surface area contributed by atoms with E-state index < -0.39 is 23.3 Å². The van der Waals surface area contributed by atoms with Crippen LogP contribution in [-0.2, 0) is 19.9 Å². The second-order valence-electron chi connectivity index (χ2n) is 8.33. The molecule has 0 saturated carbocycles. The van der Waals surface area contributed by atoms with Gasteiger partial charge < -0.3 is 5.32 Å². The van der Waals surface area contributed by atoms with Crippen LogP contribution in [0.5, 0.6) is 0 Å². The van der Waals surface area contributed by atoms with E-state index in [1.807, 2.05) is 32.0 Å². The van der Waals surface area contributed by atoms with Gasteiger partial charge in [0.1, 0.15) is 5.54 Å². The molecule has 3 aliphatic rings. The molecule has 3 heterocycles. The lowest BCUT2D eigenvalue weighted by Crippen LogP contribution is -2.54. The molecule has 2 aromatic rings. The number of fused-ring (bicyclic) bond motifs is 4. The molecular formula is C22H19Cl2N3O3. The standard InChI is InChI=1S/C22H19Cl2N3O3/c1-10(2)18-16-17(22(26-18)12-5-3-4-6-14(12)25-21(22)30)20(29)27(19(16)28)15-9-11(23)7-8-13(15)24/h3-10,16-18,26H,1-2H3,(H,25,30)/t16-,17-,18-,22-/m0/s1. The molecule has 4 atom stereocenters. The van der Waals surface area contributed by atoms with Crippen molar-refractivity contribution in [2.75, 3.05) is 10.2 Å². The number of benzene rings is 2. The third-order valence-electron chi connectivity index (χ3n) is 6.42. The Labute approximate surface area is 183 Å². The zero-order valence-corrected chi connectivity index (χ0v) is 17.8. The maximum Gasteiger partial charge on any atom is 0.250 e. The van der Waals surface area contributed by atoms with E-state index >= 15 is 0 Å². The molecule has 3 aliphatic heterocycles. The number of hydrogen-bond acceptors (Lipinski definition) is 4. The van der Waals surface area contributed by atoms with Crippen molar-refractivity contribution in [2.45, 2.75) is 25.4 Å². The molecular weight excluding hydrogens is 425 g/mol. The highest BCUT2D eigenvalue weighted by atomic mass is 35.5. The van der Waals surface area contributed by atoms with Gasteiger partial charge in [-0.25, -0.2) is 4.90 Å². The molecule has 2 saturated heterocycles. The molecule has 1 spiro atoms. The van der Waals surface area contributed by atoms with Gasteiger partial charge in [-0.3, -0.25) is 19.7 Å². The predicted octanol–water partition coefficient (Wildman–Crippen LogP) is 3.57. The molecule has 5 rings (SSSR count). The first-order valence-corrected chi connectivity index (χ1v) is 10.5. The molecule has 8 heteroatoms. The Kier molecular flexibility index (Phi) is 4.26. The highest BCUT2D eigenvalue weighted by Crippen LogP contribution is 2.54. The van der Waals surface area contributed by atoms with E-state index in [1.54, 1.807) is 18.2 Å². The lowest BCUT2D eigenvalue weighted by Gasteiger charge is -2.30. The van der Waals surface area contributed by atoms with Gasteiger partial charge in [0.15, 0.2) is 0 Å². The maximum atomic E-state index is 13.7. The highest BCUT2D eigenvalue weighted by Gasteiger charge is 2.71. The summed E-state index contributed by atoms with van der Waals surface area (Å²) in [5.41, 5.74) is 0.284. The fraction of sp³-hybridized carbons (Fsp3) is 0.318. The summed E-state index contributed by atoms with van der Waals surface area (Å²) in [6, 6.07) is 11.6. The van der Waals surface area contributed by atoms with Crippen molar-refractivity contribution in [3.05, 3.63) is 58.1 Å². The quantitative estimate of drug-likeness (QED) is 0.695. The molecule has 0 bridgehead atoms. The predicted molar refractivity (Wildman–Crippen MR) is 114 cm³/mol. The largest absolute Gasteiger partial charge is 0.324 e. The van der Waals surface area contributed by atoms with Crippen LogP contribution in [0.25, 0.3) is 0 Å². The number of rotatable bonds is 2. The number of nitrogens with one attached hydrogen (secondary N) is 2. The number of nitrogens with zero attached hydrogens (tertiary/aromatic N) is 1. The van der Waals surface area contributed by atoms with E-state index in [0.29, 0.717) is 16.3 Å². The van der Waals surface area contributed by atoms with Crippen LogP contribution in [0, 0.1) is 17.8 Å². The Morgan fingerprint density at radius 2 is 1.77 bits per heavy atom. The molecule has 0 radical (unpaired) electrons. The zero-order chi connectivity index (χ0) is 21.4. The molecule has 0 unspecified atom stereocenters. The van der Waals surface area contributed by atoms with Crippen LogP contribution in [0.3, 0.4) is 0 Å². The number of carbonyl (C=O) groups is 3. The van der Waals surface area contributed by atoms with Gasteiger partial charge >= 0.3 is 0 Å². The summed E-state index contributed by atoms with van der Waals surface area (Å²) in [7, 11) is 0. The Morgan fingerprint density at radius 1 is 1.03 bits per heavy atom. The Bertz CT molecular complexity index is 1120. The van der Waals surface area contributed by atoms with Crippen LogP contribution >= 0.6 is 23.2 Å². The second-order valence-corrected chi connectivity index (χ2v) is 9.18. The Hall–Kier alpha value is -2.41. The van der Waals surface area contributed by atoms with Crippen molar-refractivity contribution in [3.63, 3.8) is 0 Å². The van der Waals surface area contributed by atoms with Gasteiger partial charge in [-0.2, -0.15) is 0 Å². The van der Waals surface area contributed by atoms with Crippen LogP contribution in [0.2, 0.25) is 10.0 Å². The minimum Gasteiger partial charge on any atom is -0.324 e. The van der Waals surface area contributed by atoms with Gasteiger partial charge in [0.25, 0.3) is 0 Å². The van der Waals surface area contributed by atoms with Crippen molar-refractivity contribution in [1.29, 1.82) is 0 Å². The number of hydrogen-bond donors (Lipinski definition) is 2. The summed E-state index contributed by atoms with van der Waals surface area (Å²) in [6.07, 6.45) is 0. The highest BCUT2D eigenvalue weighted by molar-refractivity contribution is 6.38. The topological polar surface area (TPSA) is 78.5 Å². The number of para-hydroxylation sites is 1. The SMILES string of the molecule is CC(C)[C@@H]1N[C@]2(C(=O)Nc3ccccc32)[C@@H]2C(=O)N(c3cc(Cl)ccc3Cl)C(=O)[C@@H]21. The molecule has 154 valence electrons. The molecule has 0 aromatic heterocycles. The van der Waals surface area contributed by atoms with Gasteiger partial charge in [0.2, 0.25) is 17.7 Å². The van der Waals surface area contributed by atoms with Crippen LogP contribution in [0.15, 0.2) is 42.5 Å². The lowest BCUT2D eigenvalue weighted by atomic mass is 9.76. The maximum absolute atomic E-state index is 13.7. The van der Waals surface area contributed by atoms with E-state index in [2.05, 4.69) is 10.6 Å². The third kappa shape index (κ3) is 2.38.